The molecule has 1 amide bonds. The standard InChI is InChI=1S/C29H43BN4O4S/c1-29(2,3)26-21-32(18-19-34(26)27(35)20-22-14-16-33(17-15-22)30(4)36)28(23-8-6-5-7-9-23)24-10-12-25(13-11-24)31-39(37)38/h5-13,22,26,28,31,36H,14-21H2,1-4H3,(H,37,38)/t26-,28?/m1/s1. The number of hydrogen-bond donors (Lipinski definition) is 3. The summed E-state index contributed by atoms with van der Waals surface area (Å²) in [7, 11) is -0.427. The van der Waals surface area contributed by atoms with E-state index in [2.05, 4.69) is 64.4 Å². The number of anilines is 1. The largest absolute Gasteiger partial charge is 0.437 e. The molecule has 0 bridgehead atoms. The molecule has 39 heavy (non-hydrogen) atoms. The van der Waals surface area contributed by atoms with Crippen molar-refractivity contribution in [1.82, 2.24) is 14.6 Å². The molecule has 2 aliphatic rings. The molecule has 3 N–H and O–H groups in total. The van der Waals surface area contributed by atoms with Crippen LogP contribution in [-0.4, -0.2) is 80.1 Å². The molecule has 2 aliphatic heterocycles. The highest BCUT2D eigenvalue weighted by atomic mass is 32.2. The van der Waals surface area contributed by atoms with Gasteiger partial charge in [0, 0.05) is 37.8 Å². The van der Waals surface area contributed by atoms with E-state index < -0.39 is 18.3 Å². The van der Waals surface area contributed by atoms with Crippen molar-refractivity contribution in [1.29, 1.82) is 0 Å². The topological polar surface area (TPSA) is 96.4 Å². The van der Waals surface area contributed by atoms with Crippen LogP contribution in [0.3, 0.4) is 0 Å². The summed E-state index contributed by atoms with van der Waals surface area (Å²) in [5.41, 5.74) is 2.78. The second kappa shape index (κ2) is 13.0. The van der Waals surface area contributed by atoms with Crippen molar-refractivity contribution < 1.29 is 18.6 Å². The van der Waals surface area contributed by atoms with E-state index >= 15 is 0 Å². The quantitative estimate of drug-likeness (QED) is 0.336. The average molecular weight is 555 g/mol. The second-order valence-corrected chi connectivity index (χ2v) is 12.8. The minimum Gasteiger partial charge on any atom is -0.437 e. The van der Waals surface area contributed by atoms with Gasteiger partial charge in [0.05, 0.1) is 6.04 Å². The normalized spacial score (nSPS) is 21.4. The number of carbonyl (C=O) groups is 1. The van der Waals surface area contributed by atoms with Crippen molar-refractivity contribution >= 4 is 29.9 Å². The highest BCUT2D eigenvalue weighted by molar-refractivity contribution is 7.80. The minimum absolute atomic E-state index is 0.00627. The third-order valence-electron chi connectivity index (χ3n) is 8.28. The molecule has 2 aromatic carbocycles. The molecule has 0 aromatic heterocycles. The van der Waals surface area contributed by atoms with Gasteiger partial charge in [-0.3, -0.25) is 19.0 Å². The fourth-order valence-corrected chi connectivity index (χ4v) is 6.39. The van der Waals surface area contributed by atoms with Crippen LogP contribution in [0.5, 0.6) is 0 Å². The molecule has 3 atom stereocenters. The van der Waals surface area contributed by atoms with Crippen molar-refractivity contribution in [2.24, 2.45) is 11.3 Å². The van der Waals surface area contributed by atoms with E-state index in [9.17, 15) is 18.6 Å². The molecule has 10 heteroatoms. The van der Waals surface area contributed by atoms with Gasteiger partial charge in [-0.2, -0.15) is 0 Å². The molecular weight excluding hydrogens is 511 g/mol. The summed E-state index contributed by atoms with van der Waals surface area (Å²) in [6, 6.07) is 18.2. The zero-order valence-electron chi connectivity index (χ0n) is 23.6. The molecule has 2 unspecified atom stereocenters. The molecule has 2 aromatic rings. The number of nitrogens with zero attached hydrogens (tertiary/aromatic N) is 3. The van der Waals surface area contributed by atoms with E-state index in [0.29, 0.717) is 24.6 Å². The highest BCUT2D eigenvalue weighted by Crippen LogP contribution is 2.36. The summed E-state index contributed by atoms with van der Waals surface area (Å²) in [6.07, 6.45) is 2.46. The first-order valence-electron chi connectivity index (χ1n) is 14.0. The first-order valence-corrected chi connectivity index (χ1v) is 15.1. The Kier molecular flexibility index (Phi) is 9.88. The van der Waals surface area contributed by atoms with Gasteiger partial charge in [-0.05, 0) is 67.3 Å². The Morgan fingerprint density at radius 1 is 1.03 bits per heavy atom. The van der Waals surface area contributed by atoms with Gasteiger partial charge in [0.1, 0.15) is 0 Å². The number of piperazine rings is 1. The smallest absolute Gasteiger partial charge is 0.376 e. The van der Waals surface area contributed by atoms with Crippen LogP contribution >= 0.6 is 0 Å². The highest BCUT2D eigenvalue weighted by Gasteiger charge is 2.40. The lowest BCUT2D eigenvalue weighted by molar-refractivity contribution is -0.141. The number of amides is 1. The Bertz CT molecular complexity index is 1100. The van der Waals surface area contributed by atoms with Crippen molar-refractivity contribution in [2.75, 3.05) is 37.4 Å². The third kappa shape index (κ3) is 7.70. The molecule has 0 aliphatic carbocycles. The monoisotopic (exact) mass is 554 g/mol. The zero-order chi connectivity index (χ0) is 28.2. The van der Waals surface area contributed by atoms with Crippen molar-refractivity contribution in [3.05, 3.63) is 65.7 Å². The van der Waals surface area contributed by atoms with Gasteiger partial charge in [-0.25, -0.2) is 4.21 Å². The number of nitrogens with one attached hydrogen (secondary N) is 1. The number of hydrogen-bond acceptors (Lipinski definition) is 5. The molecule has 0 radical (unpaired) electrons. The Balaban J connectivity index is 1.52. The van der Waals surface area contributed by atoms with Gasteiger partial charge < -0.3 is 14.7 Å². The van der Waals surface area contributed by atoms with E-state index in [0.717, 1.165) is 44.6 Å². The third-order valence-corrected chi connectivity index (χ3v) is 8.70. The molecular formula is C29H43BN4O4S. The predicted molar refractivity (Wildman–Crippen MR) is 158 cm³/mol. The van der Waals surface area contributed by atoms with E-state index in [-0.39, 0.29) is 23.4 Å². The number of rotatable bonds is 8. The Hall–Kier alpha value is -2.24. The van der Waals surface area contributed by atoms with E-state index in [1.54, 1.807) is 0 Å². The molecule has 0 saturated carbocycles. The van der Waals surface area contributed by atoms with Crippen LogP contribution < -0.4 is 4.72 Å². The summed E-state index contributed by atoms with van der Waals surface area (Å²) in [5, 5.41) is 9.88. The van der Waals surface area contributed by atoms with Gasteiger partial charge in [0.2, 0.25) is 5.91 Å². The molecule has 8 nitrogen and oxygen atoms in total. The van der Waals surface area contributed by atoms with E-state index in [1.165, 1.54) is 5.56 Å². The zero-order valence-corrected chi connectivity index (χ0v) is 24.4. The SMILES string of the molecule is CB(O)N1CCC(CC(=O)N2CCN(C(c3ccccc3)c3ccc(NS(=O)O)cc3)C[C@@H]2C(C)(C)C)CC1. The lowest BCUT2D eigenvalue weighted by Crippen LogP contribution is -2.60. The fraction of sp³-hybridized carbons (Fsp3) is 0.552. The van der Waals surface area contributed by atoms with Crippen LogP contribution in [0.1, 0.15) is 57.2 Å². The summed E-state index contributed by atoms with van der Waals surface area (Å²) < 4.78 is 22.9. The first-order chi connectivity index (χ1) is 18.5. The maximum atomic E-state index is 13.7. The number of benzene rings is 2. The van der Waals surface area contributed by atoms with E-state index in [1.807, 2.05) is 37.2 Å². The Morgan fingerprint density at radius 2 is 1.64 bits per heavy atom. The van der Waals surface area contributed by atoms with Crippen LogP contribution in [0, 0.1) is 11.3 Å². The predicted octanol–water partition coefficient (Wildman–Crippen LogP) is 4.10. The molecule has 2 saturated heterocycles. The van der Waals surface area contributed by atoms with Crippen LogP contribution in [-0.2, 0) is 16.1 Å². The summed E-state index contributed by atoms with van der Waals surface area (Å²) in [4.78, 5) is 20.4. The molecule has 2 fully saturated rings. The molecule has 212 valence electrons. The van der Waals surface area contributed by atoms with Crippen LogP contribution in [0.4, 0.5) is 5.69 Å². The van der Waals surface area contributed by atoms with Gasteiger partial charge in [-0.1, -0.05) is 63.2 Å². The molecule has 2 heterocycles. The van der Waals surface area contributed by atoms with E-state index in [4.69, 9.17) is 0 Å². The summed E-state index contributed by atoms with van der Waals surface area (Å²) in [5.74, 6) is 0.609. The summed E-state index contributed by atoms with van der Waals surface area (Å²) in [6.45, 7) is 12.3. The summed E-state index contributed by atoms with van der Waals surface area (Å²) >= 11 is -2.12. The fourth-order valence-electron chi connectivity index (χ4n) is 6.06. The van der Waals surface area contributed by atoms with Gasteiger partial charge in [-0.15, -0.1) is 0 Å². The van der Waals surface area contributed by atoms with Crippen LogP contribution in [0.2, 0.25) is 6.82 Å². The number of piperidine rings is 1. The molecule has 0 spiro atoms. The van der Waals surface area contributed by atoms with Crippen LogP contribution in [0.25, 0.3) is 0 Å². The van der Waals surface area contributed by atoms with Crippen molar-refractivity contribution in [2.45, 2.75) is 58.9 Å². The molecule has 4 rings (SSSR count). The maximum Gasteiger partial charge on any atom is 0.376 e. The Morgan fingerprint density at radius 3 is 2.21 bits per heavy atom. The number of carbonyl (C=O) groups excluding carboxylic acids is 1. The van der Waals surface area contributed by atoms with Crippen molar-refractivity contribution in [3.63, 3.8) is 0 Å². The van der Waals surface area contributed by atoms with Crippen molar-refractivity contribution in [3.8, 4) is 0 Å². The Labute approximate surface area is 236 Å². The lowest BCUT2D eigenvalue weighted by atomic mass is 9.80. The maximum absolute atomic E-state index is 13.7. The minimum atomic E-state index is -2.12. The van der Waals surface area contributed by atoms with Gasteiger partial charge in [0.25, 0.3) is 11.3 Å². The van der Waals surface area contributed by atoms with Gasteiger partial charge >= 0.3 is 7.05 Å². The van der Waals surface area contributed by atoms with Crippen LogP contribution in [0.15, 0.2) is 54.6 Å². The second-order valence-electron chi connectivity index (χ2n) is 12.1. The average Bonchev–Trinajstić information content (AvgIpc) is 2.90. The lowest BCUT2D eigenvalue weighted by Gasteiger charge is -2.50. The first kappa shape index (κ1) is 29.7. The van der Waals surface area contributed by atoms with Gasteiger partial charge in [0.15, 0.2) is 0 Å².